The number of hydrogen-bond donors (Lipinski definition) is 4. The number of aromatic nitrogens is 1. The Morgan fingerprint density at radius 1 is 1.23 bits per heavy atom. The van der Waals surface area contributed by atoms with E-state index in [9.17, 15) is 14.4 Å². The molecule has 0 amide bonds. The van der Waals surface area contributed by atoms with E-state index in [1.807, 2.05) is 0 Å². The number of nitrogens with two attached hydrogens (primary N) is 1. The summed E-state index contributed by atoms with van der Waals surface area (Å²) in [5, 5.41) is 26.6. The smallest absolute Gasteiger partial charge is 0.320 e. The summed E-state index contributed by atoms with van der Waals surface area (Å²) in [5.74, 6) is -3.34. The molecule has 0 saturated heterocycles. The van der Waals surface area contributed by atoms with E-state index >= 15 is 0 Å². The minimum Gasteiger partial charge on any atom is -0.481 e. The van der Waals surface area contributed by atoms with Gasteiger partial charge in [-0.3, -0.25) is 19.4 Å². The van der Waals surface area contributed by atoms with Crippen molar-refractivity contribution in [1.82, 2.24) is 4.98 Å². The number of nitrogens with zero attached hydrogens (tertiary/aromatic N) is 1. The summed E-state index contributed by atoms with van der Waals surface area (Å²) in [5.41, 5.74) is 4.40. The molecule has 144 valence electrons. The lowest BCUT2D eigenvalue weighted by Crippen LogP contribution is -2.42. The number of pyridine rings is 1. The highest BCUT2D eigenvalue weighted by molar-refractivity contribution is 5.80. The summed E-state index contributed by atoms with van der Waals surface area (Å²) >= 11 is 0. The molecule has 1 heterocycles. The fraction of sp³-hybridized carbons (Fsp3) is 0.556. The second kappa shape index (κ2) is 8.27. The SMILES string of the molecule is CC1(C)[C@@H](C(=O)O)CC[C@@]1(C)C(=O)O.N[C@@H](Cc1ccccn1)C(=O)O. The maximum absolute atomic E-state index is 11.1. The van der Waals surface area contributed by atoms with E-state index in [0.29, 0.717) is 18.5 Å². The van der Waals surface area contributed by atoms with Crippen LogP contribution in [-0.4, -0.2) is 44.3 Å². The van der Waals surface area contributed by atoms with Crippen LogP contribution in [0.2, 0.25) is 0 Å². The summed E-state index contributed by atoms with van der Waals surface area (Å²) < 4.78 is 0. The molecule has 1 aromatic heterocycles. The number of carbonyl (C=O) groups is 3. The molecule has 1 fully saturated rings. The molecule has 8 nitrogen and oxygen atoms in total. The Labute approximate surface area is 152 Å². The molecule has 26 heavy (non-hydrogen) atoms. The summed E-state index contributed by atoms with van der Waals surface area (Å²) in [6, 6.07) is 4.47. The van der Waals surface area contributed by atoms with Crippen LogP contribution in [0.25, 0.3) is 0 Å². The molecule has 2 rings (SSSR count). The largest absolute Gasteiger partial charge is 0.481 e. The zero-order valence-electron chi connectivity index (χ0n) is 15.2. The molecule has 8 heteroatoms. The maximum atomic E-state index is 11.1. The van der Waals surface area contributed by atoms with Crippen molar-refractivity contribution in [3.8, 4) is 0 Å². The van der Waals surface area contributed by atoms with Gasteiger partial charge in [-0.25, -0.2) is 0 Å². The molecule has 1 saturated carbocycles. The molecule has 1 aromatic rings. The highest BCUT2D eigenvalue weighted by Gasteiger charge is 2.58. The van der Waals surface area contributed by atoms with Crippen molar-refractivity contribution >= 4 is 17.9 Å². The zero-order chi connectivity index (χ0) is 20.1. The van der Waals surface area contributed by atoms with Crippen LogP contribution in [0.15, 0.2) is 24.4 Å². The van der Waals surface area contributed by atoms with Gasteiger partial charge >= 0.3 is 17.9 Å². The Morgan fingerprint density at radius 3 is 2.19 bits per heavy atom. The van der Waals surface area contributed by atoms with Gasteiger partial charge < -0.3 is 21.1 Å². The van der Waals surface area contributed by atoms with Crippen molar-refractivity contribution in [2.45, 2.75) is 46.1 Å². The number of carboxylic acids is 3. The number of carboxylic acid groups (broad SMARTS) is 3. The van der Waals surface area contributed by atoms with Crippen LogP contribution >= 0.6 is 0 Å². The van der Waals surface area contributed by atoms with Gasteiger partial charge in [0.05, 0.1) is 11.3 Å². The molecular weight excluding hydrogens is 340 g/mol. The fourth-order valence-corrected chi connectivity index (χ4v) is 3.15. The van der Waals surface area contributed by atoms with Crippen molar-refractivity contribution in [1.29, 1.82) is 0 Å². The van der Waals surface area contributed by atoms with Crippen molar-refractivity contribution in [3.63, 3.8) is 0 Å². The minimum atomic E-state index is -0.999. The van der Waals surface area contributed by atoms with E-state index in [2.05, 4.69) is 4.98 Å². The van der Waals surface area contributed by atoms with Gasteiger partial charge in [0.15, 0.2) is 0 Å². The van der Waals surface area contributed by atoms with Crippen molar-refractivity contribution < 1.29 is 29.7 Å². The van der Waals surface area contributed by atoms with E-state index in [-0.39, 0.29) is 6.42 Å². The topological polar surface area (TPSA) is 151 Å². The van der Waals surface area contributed by atoms with Crippen molar-refractivity contribution in [2.24, 2.45) is 22.5 Å². The third-order valence-corrected chi connectivity index (χ3v) is 5.47. The van der Waals surface area contributed by atoms with E-state index in [1.165, 1.54) is 0 Å². The van der Waals surface area contributed by atoms with Crippen LogP contribution in [-0.2, 0) is 20.8 Å². The van der Waals surface area contributed by atoms with E-state index in [4.69, 9.17) is 21.1 Å². The Morgan fingerprint density at radius 2 is 1.85 bits per heavy atom. The monoisotopic (exact) mass is 366 g/mol. The predicted octanol–water partition coefficient (Wildman–Crippen LogP) is 1.63. The summed E-state index contributed by atoms with van der Waals surface area (Å²) in [4.78, 5) is 36.4. The highest BCUT2D eigenvalue weighted by Crippen LogP contribution is 2.56. The Hall–Kier alpha value is -2.48. The number of aliphatic carboxylic acids is 3. The lowest BCUT2D eigenvalue weighted by Gasteiger charge is -2.36. The summed E-state index contributed by atoms with van der Waals surface area (Å²) in [6.45, 7) is 5.10. The van der Waals surface area contributed by atoms with Crippen LogP contribution in [0.3, 0.4) is 0 Å². The van der Waals surface area contributed by atoms with Gasteiger partial charge in [-0.05, 0) is 37.3 Å². The first kappa shape index (κ1) is 21.6. The molecule has 0 unspecified atom stereocenters. The highest BCUT2D eigenvalue weighted by atomic mass is 16.4. The first-order valence-corrected chi connectivity index (χ1v) is 8.28. The van der Waals surface area contributed by atoms with Gasteiger partial charge in [-0.1, -0.05) is 19.9 Å². The minimum absolute atomic E-state index is 0.274. The zero-order valence-corrected chi connectivity index (χ0v) is 15.2. The van der Waals surface area contributed by atoms with Gasteiger partial charge in [-0.15, -0.1) is 0 Å². The summed E-state index contributed by atoms with van der Waals surface area (Å²) in [7, 11) is 0. The predicted molar refractivity (Wildman–Crippen MR) is 93.4 cm³/mol. The van der Waals surface area contributed by atoms with Gasteiger partial charge in [-0.2, -0.15) is 0 Å². The fourth-order valence-electron chi connectivity index (χ4n) is 3.15. The standard InChI is InChI=1S/C10H16O4.C8H10N2O2/c1-9(2)6(7(11)12)4-5-10(9,3)8(13)14;9-7(8(11)12)5-6-3-1-2-4-10-6/h6H,4-5H2,1-3H3,(H,11,12)(H,13,14);1-4,7H,5,9H2,(H,11,12)/t6-,10+;7-/m10/s1. The maximum Gasteiger partial charge on any atom is 0.320 e. The Kier molecular flexibility index (Phi) is 6.86. The molecule has 0 radical (unpaired) electrons. The molecule has 0 bridgehead atoms. The van der Waals surface area contributed by atoms with Crippen molar-refractivity contribution in [2.75, 3.05) is 0 Å². The normalized spacial score (nSPS) is 24.8. The second-order valence-corrected chi connectivity index (χ2v) is 7.26. The van der Waals surface area contributed by atoms with Gasteiger partial charge in [0.25, 0.3) is 0 Å². The number of rotatable bonds is 5. The second-order valence-electron chi connectivity index (χ2n) is 7.26. The summed E-state index contributed by atoms with van der Waals surface area (Å²) in [6.07, 6.45) is 2.78. The van der Waals surface area contributed by atoms with Crippen LogP contribution in [0.1, 0.15) is 39.3 Å². The average Bonchev–Trinajstić information content (AvgIpc) is 2.80. The molecule has 0 aliphatic heterocycles. The molecule has 5 N–H and O–H groups in total. The Bertz CT molecular complexity index is 661. The van der Waals surface area contributed by atoms with Crippen LogP contribution in [0, 0.1) is 16.7 Å². The molecule has 1 aliphatic rings. The third kappa shape index (κ3) is 4.57. The first-order valence-electron chi connectivity index (χ1n) is 8.28. The van der Waals surface area contributed by atoms with Crippen LogP contribution in [0.5, 0.6) is 0 Å². The van der Waals surface area contributed by atoms with Gasteiger partial charge in [0, 0.05) is 18.3 Å². The molecule has 1 aliphatic carbocycles. The average molecular weight is 366 g/mol. The van der Waals surface area contributed by atoms with E-state index < -0.39 is 40.7 Å². The van der Waals surface area contributed by atoms with Gasteiger partial charge in [0.2, 0.25) is 0 Å². The lowest BCUT2D eigenvalue weighted by atomic mass is 9.66. The molecule has 0 spiro atoms. The Balaban J connectivity index is 0.000000263. The van der Waals surface area contributed by atoms with E-state index in [0.717, 1.165) is 0 Å². The van der Waals surface area contributed by atoms with Gasteiger partial charge in [0.1, 0.15) is 6.04 Å². The van der Waals surface area contributed by atoms with Crippen LogP contribution in [0.4, 0.5) is 0 Å². The number of hydrogen-bond acceptors (Lipinski definition) is 5. The molecule has 3 atom stereocenters. The molecular formula is C18H26N2O6. The van der Waals surface area contributed by atoms with Crippen molar-refractivity contribution in [3.05, 3.63) is 30.1 Å². The molecule has 0 aromatic carbocycles. The van der Waals surface area contributed by atoms with E-state index in [1.54, 1.807) is 45.2 Å². The quantitative estimate of drug-likeness (QED) is 0.614. The first-order chi connectivity index (χ1) is 11.9. The lowest BCUT2D eigenvalue weighted by molar-refractivity contribution is -0.157. The van der Waals surface area contributed by atoms with Crippen LogP contribution < -0.4 is 5.73 Å². The third-order valence-electron chi connectivity index (χ3n) is 5.47.